The van der Waals surface area contributed by atoms with E-state index < -0.39 is 0 Å². The molecule has 0 aliphatic rings. The second-order valence-electron chi connectivity index (χ2n) is 4.06. The van der Waals surface area contributed by atoms with E-state index >= 15 is 0 Å². The van der Waals surface area contributed by atoms with Gasteiger partial charge in [-0.2, -0.15) is 0 Å². The van der Waals surface area contributed by atoms with Gasteiger partial charge < -0.3 is 11.2 Å². The van der Waals surface area contributed by atoms with Gasteiger partial charge in [-0.05, 0) is 45.9 Å². The molecule has 5 N–H and O–H groups in total. The van der Waals surface area contributed by atoms with Crippen molar-refractivity contribution in [3.05, 3.63) is 60.7 Å². The third-order valence-electron chi connectivity index (χ3n) is 2.76. The summed E-state index contributed by atoms with van der Waals surface area (Å²) in [5.74, 6) is 4.66. The topological polar surface area (TPSA) is 64.1 Å². The minimum atomic E-state index is 0.116. The molecule has 0 aliphatic heterocycles. The largest absolute Gasteiger partial charge is 0.375 e. The van der Waals surface area contributed by atoms with E-state index in [9.17, 15) is 0 Å². The number of fused-ring (bicyclic) bond motifs is 2. The van der Waals surface area contributed by atoms with E-state index in [4.69, 9.17) is 5.73 Å². The zero-order chi connectivity index (χ0) is 13.7. The van der Waals surface area contributed by atoms with Gasteiger partial charge in [-0.1, -0.05) is 48.5 Å². The second kappa shape index (κ2) is 6.13. The molecule has 96 valence electrons. The summed E-state index contributed by atoms with van der Waals surface area (Å²) >= 11 is 4.24. The van der Waals surface area contributed by atoms with Crippen LogP contribution in [-0.4, -0.2) is 5.11 Å². The molecule has 3 aromatic carbocycles. The molecule has 0 fully saturated rings. The van der Waals surface area contributed by atoms with Crippen LogP contribution in [0.3, 0.4) is 0 Å². The van der Waals surface area contributed by atoms with Crippen LogP contribution in [0.5, 0.6) is 0 Å². The van der Waals surface area contributed by atoms with Gasteiger partial charge in [-0.3, -0.25) is 0 Å². The Morgan fingerprint density at radius 3 is 1.26 bits per heavy atom. The number of hydrogen-bond acceptors (Lipinski definition) is 2. The van der Waals surface area contributed by atoms with Gasteiger partial charge in [-0.25, -0.2) is 5.84 Å². The third-order valence-corrected chi connectivity index (χ3v) is 2.87. The molecule has 0 aromatic heterocycles. The highest BCUT2D eigenvalue weighted by atomic mass is 32.1. The summed E-state index contributed by atoms with van der Waals surface area (Å²) in [5.41, 5.74) is 6.82. The average Bonchev–Trinajstić information content (AvgIpc) is 2.45. The quantitative estimate of drug-likeness (QED) is 0.254. The number of hydrazine groups is 1. The Morgan fingerprint density at radius 2 is 1.05 bits per heavy atom. The normalized spacial score (nSPS) is 9.74. The first-order valence-corrected chi connectivity index (χ1v) is 6.25. The van der Waals surface area contributed by atoms with Crippen LogP contribution >= 0.6 is 12.2 Å². The maximum absolute atomic E-state index is 4.79. The van der Waals surface area contributed by atoms with E-state index in [0.29, 0.717) is 0 Å². The predicted octanol–water partition coefficient (Wildman–Crippen LogP) is 2.69. The Kier molecular flexibility index (Phi) is 4.28. The minimum Gasteiger partial charge on any atom is -0.375 e. The molecule has 3 rings (SSSR count). The van der Waals surface area contributed by atoms with Crippen molar-refractivity contribution in [1.29, 1.82) is 0 Å². The highest BCUT2D eigenvalue weighted by Crippen LogP contribution is 2.21. The van der Waals surface area contributed by atoms with Crippen LogP contribution in [0, 0.1) is 0 Å². The fourth-order valence-electron chi connectivity index (χ4n) is 1.88. The Hall–Kier alpha value is -2.17. The van der Waals surface area contributed by atoms with Gasteiger partial charge in [0.1, 0.15) is 0 Å². The Labute approximate surface area is 117 Å². The fourth-order valence-corrected chi connectivity index (χ4v) is 1.88. The van der Waals surface area contributed by atoms with Gasteiger partial charge in [0.15, 0.2) is 5.11 Å². The molecule has 0 bridgehead atoms. The van der Waals surface area contributed by atoms with E-state index in [2.05, 4.69) is 78.7 Å². The maximum atomic E-state index is 4.79. The number of rotatable bonds is 0. The van der Waals surface area contributed by atoms with Crippen molar-refractivity contribution in [2.45, 2.75) is 0 Å². The molecule has 0 radical (unpaired) electrons. The summed E-state index contributed by atoms with van der Waals surface area (Å²) in [6.07, 6.45) is 0. The van der Waals surface area contributed by atoms with Crippen molar-refractivity contribution in [2.75, 3.05) is 0 Å². The molecule has 0 unspecified atom stereocenters. The van der Waals surface area contributed by atoms with Crippen LogP contribution in [0.25, 0.3) is 21.5 Å². The van der Waals surface area contributed by atoms with E-state index in [1.165, 1.54) is 21.5 Å². The van der Waals surface area contributed by atoms with Crippen LogP contribution < -0.4 is 17.0 Å². The summed E-state index contributed by atoms with van der Waals surface area (Å²) in [7, 11) is 0. The number of benzene rings is 3. The molecular formula is C15H15N3S. The van der Waals surface area contributed by atoms with Crippen LogP contribution in [0.15, 0.2) is 60.7 Å². The molecule has 0 spiro atoms. The van der Waals surface area contributed by atoms with E-state index in [-0.39, 0.29) is 5.11 Å². The standard InChI is InChI=1S/C14H10.CH5N3S/c1-2-6-12-10-14-8-4-3-7-13(14)9-11(12)5-1;2-1(5)4-3/h1-10H;3H2,(H3,2,4,5). The number of nitrogens with two attached hydrogens (primary N) is 2. The lowest BCUT2D eigenvalue weighted by Gasteiger charge is -2.00. The number of nitrogens with one attached hydrogen (secondary N) is 1. The fraction of sp³-hybridized carbons (Fsp3) is 0. The van der Waals surface area contributed by atoms with Crippen molar-refractivity contribution in [2.24, 2.45) is 11.6 Å². The number of thiocarbonyl (C=S) groups is 1. The van der Waals surface area contributed by atoms with Crippen molar-refractivity contribution < 1.29 is 0 Å². The first-order chi connectivity index (χ1) is 9.20. The van der Waals surface area contributed by atoms with Crippen LogP contribution in [0.2, 0.25) is 0 Å². The van der Waals surface area contributed by atoms with Crippen LogP contribution in [0.1, 0.15) is 0 Å². The zero-order valence-electron chi connectivity index (χ0n) is 10.3. The molecule has 3 aromatic rings. The Bertz CT molecular complexity index is 605. The molecule has 0 saturated heterocycles. The van der Waals surface area contributed by atoms with E-state index in [0.717, 1.165) is 0 Å². The van der Waals surface area contributed by atoms with Crippen molar-refractivity contribution in [3.8, 4) is 0 Å². The Balaban J connectivity index is 0.000000232. The SMILES string of the molecule is NNC(N)=S.c1ccc2cc3ccccc3cc2c1. The summed E-state index contributed by atoms with van der Waals surface area (Å²) in [6.45, 7) is 0. The van der Waals surface area contributed by atoms with Crippen LogP contribution in [0.4, 0.5) is 0 Å². The molecule has 0 aliphatic carbocycles. The molecule has 19 heavy (non-hydrogen) atoms. The molecular weight excluding hydrogens is 254 g/mol. The predicted molar refractivity (Wildman–Crippen MR) is 85.6 cm³/mol. The molecule has 4 heteroatoms. The third kappa shape index (κ3) is 3.40. The summed E-state index contributed by atoms with van der Waals surface area (Å²) in [6, 6.07) is 21.4. The van der Waals surface area contributed by atoms with Gasteiger partial charge in [0.25, 0.3) is 0 Å². The highest BCUT2D eigenvalue weighted by Gasteiger charge is 1.95. The average molecular weight is 269 g/mol. The summed E-state index contributed by atoms with van der Waals surface area (Å²) in [5, 5.41) is 5.36. The minimum absolute atomic E-state index is 0.116. The number of hydrogen-bond donors (Lipinski definition) is 3. The molecule has 0 atom stereocenters. The lowest BCUT2D eigenvalue weighted by atomic mass is 10.0. The zero-order valence-corrected chi connectivity index (χ0v) is 11.2. The monoisotopic (exact) mass is 269 g/mol. The lowest BCUT2D eigenvalue weighted by Crippen LogP contribution is -2.34. The van der Waals surface area contributed by atoms with Crippen molar-refractivity contribution >= 4 is 38.9 Å². The first-order valence-electron chi connectivity index (χ1n) is 5.84. The van der Waals surface area contributed by atoms with Gasteiger partial charge in [0.05, 0.1) is 0 Å². The van der Waals surface area contributed by atoms with Gasteiger partial charge in [0, 0.05) is 0 Å². The lowest BCUT2D eigenvalue weighted by molar-refractivity contribution is 1.03. The Morgan fingerprint density at radius 1 is 0.789 bits per heavy atom. The van der Waals surface area contributed by atoms with Crippen molar-refractivity contribution in [1.82, 2.24) is 5.43 Å². The maximum Gasteiger partial charge on any atom is 0.177 e. The molecule has 0 amide bonds. The van der Waals surface area contributed by atoms with Crippen LogP contribution in [-0.2, 0) is 0 Å². The second-order valence-corrected chi connectivity index (χ2v) is 4.49. The van der Waals surface area contributed by atoms with Gasteiger partial charge in [0.2, 0.25) is 0 Å². The first kappa shape index (κ1) is 13.3. The van der Waals surface area contributed by atoms with Crippen molar-refractivity contribution in [3.63, 3.8) is 0 Å². The summed E-state index contributed by atoms with van der Waals surface area (Å²) in [4.78, 5) is 0. The molecule has 0 heterocycles. The highest BCUT2D eigenvalue weighted by molar-refractivity contribution is 7.80. The van der Waals surface area contributed by atoms with Gasteiger partial charge in [-0.15, -0.1) is 0 Å². The van der Waals surface area contributed by atoms with Gasteiger partial charge >= 0.3 is 0 Å². The van der Waals surface area contributed by atoms with E-state index in [1.807, 2.05) is 5.43 Å². The molecule has 0 saturated carbocycles. The van der Waals surface area contributed by atoms with E-state index in [1.54, 1.807) is 0 Å². The smallest absolute Gasteiger partial charge is 0.177 e. The summed E-state index contributed by atoms with van der Waals surface area (Å²) < 4.78 is 0. The molecule has 3 nitrogen and oxygen atoms in total.